The highest BCUT2D eigenvalue weighted by molar-refractivity contribution is 8.00. The largest absolute Gasteiger partial charge is 0.478 e. The second kappa shape index (κ2) is 9.96. The molecule has 8 heteroatoms. The van der Waals surface area contributed by atoms with Crippen molar-refractivity contribution >= 4 is 40.9 Å². The Hall–Kier alpha value is -2.56. The summed E-state index contributed by atoms with van der Waals surface area (Å²) in [5, 5.41) is 21.8. The van der Waals surface area contributed by atoms with Gasteiger partial charge in [0, 0.05) is 5.69 Å². The highest BCUT2D eigenvalue weighted by atomic mass is 35.5. The van der Waals surface area contributed by atoms with Crippen LogP contribution in [0.5, 0.6) is 0 Å². The highest BCUT2D eigenvalue weighted by Gasteiger charge is 2.23. The Bertz CT molecular complexity index is 1020. The topological polar surface area (TPSA) is 103 Å². The monoisotopic (exact) mass is 443 g/mol. The number of fused-ring (bicyclic) bond motifs is 1. The molecule has 0 saturated carbocycles. The van der Waals surface area contributed by atoms with E-state index in [1.165, 1.54) is 30.0 Å². The van der Waals surface area contributed by atoms with Crippen LogP contribution in [0.2, 0.25) is 5.02 Å². The first-order valence-corrected chi connectivity index (χ1v) is 11.1. The number of carbonyl (C=O) groups is 2. The van der Waals surface area contributed by atoms with Gasteiger partial charge >= 0.3 is 5.97 Å². The summed E-state index contributed by atoms with van der Waals surface area (Å²) in [5.74, 6) is -1.41. The molecule has 0 bridgehead atoms. The van der Waals surface area contributed by atoms with Crippen LogP contribution in [-0.4, -0.2) is 27.2 Å². The maximum absolute atomic E-state index is 12.9. The Morgan fingerprint density at radius 1 is 1.30 bits per heavy atom. The smallest absolute Gasteiger partial charge is 0.335 e. The summed E-state index contributed by atoms with van der Waals surface area (Å²) in [5.41, 5.74) is 2.91. The number of amides is 1. The summed E-state index contributed by atoms with van der Waals surface area (Å²) < 4.78 is 0. The summed E-state index contributed by atoms with van der Waals surface area (Å²) in [6, 6.07) is 8.28. The number of nitriles is 1. The molecule has 0 fully saturated rings. The summed E-state index contributed by atoms with van der Waals surface area (Å²) in [4.78, 5) is 28.8. The van der Waals surface area contributed by atoms with Gasteiger partial charge in [-0.2, -0.15) is 5.26 Å². The molecular formula is C22H22ClN3O3S. The maximum Gasteiger partial charge on any atom is 0.335 e. The molecule has 0 spiro atoms. The Morgan fingerprint density at radius 2 is 2.07 bits per heavy atom. The lowest BCUT2D eigenvalue weighted by Crippen LogP contribution is -2.25. The van der Waals surface area contributed by atoms with E-state index in [9.17, 15) is 14.9 Å². The van der Waals surface area contributed by atoms with Crippen LogP contribution in [0.1, 0.15) is 59.8 Å². The van der Waals surface area contributed by atoms with Gasteiger partial charge < -0.3 is 10.4 Å². The Kier molecular flexibility index (Phi) is 7.35. The number of aromatic carboxylic acids is 1. The van der Waals surface area contributed by atoms with Crippen LogP contribution in [0.4, 0.5) is 5.69 Å². The number of thioether (sulfide) groups is 1. The summed E-state index contributed by atoms with van der Waals surface area (Å²) in [7, 11) is 0. The van der Waals surface area contributed by atoms with Crippen LogP contribution in [0.25, 0.3) is 0 Å². The Morgan fingerprint density at radius 3 is 2.77 bits per heavy atom. The minimum atomic E-state index is -1.10. The molecule has 3 rings (SSSR count). The fourth-order valence-corrected chi connectivity index (χ4v) is 4.55. The van der Waals surface area contributed by atoms with Gasteiger partial charge in [-0.1, -0.05) is 36.7 Å². The second-order valence-corrected chi connectivity index (χ2v) is 8.72. The molecule has 1 unspecified atom stereocenters. The van der Waals surface area contributed by atoms with Crippen molar-refractivity contribution in [3.63, 3.8) is 0 Å². The first-order valence-electron chi connectivity index (χ1n) is 9.86. The molecule has 1 aliphatic carbocycles. The van der Waals surface area contributed by atoms with Crippen molar-refractivity contribution in [1.82, 2.24) is 4.98 Å². The van der Waals surface area contributed by atoms with E-state index >= 15 is 0 Å². The summed E-state index contributed by atoms with van der Waals surface area (Å²) in [6.45, 7) is 1.88. The lowest BCUT2D eigenvalue weighted by atomic mass is 10.1. The number of carboxylic acids is 1. The van der Waals surface area contributed by atoms with Crippen LogP contribution < -0.4 is 5.32 Å². The molecule has 30 heavy (non-hydrogen) atoms. The molecule has 2 aromatic rings. The first kappa shape index (κ1) is 22.1. The normalized spacial score (nSPS) is 14.2. The number of aromatic nitrogens is 1. The van der Waals surface area contributed by atoms with E-state index in [1.807, 2.05) is 13.0 Å². The zero-order valence-electron chi connectivity index (χ0n) is 16.6. The molecule has 156 valence electrons. The molecule has 1 aliphatic rings. The summed E-state index contributed by atoms with van der Waals surface area (Å²) >= 11 is 7.38. The number of hydrogen-bond acceptors (Lipinski definition) is 5. The second-order valence-electron chi connectivity index (χ2n) is 7.12. The van der Waals surface area contributed by atoms with Crippen LogP contribution >= 0.6 is 23.4 Å². The van der Waals surface area contributed by atoms with Gasteiger partial charge in [-0.15, -0.1) is 0 Å². The van der Waals surface area contributed by atoms with Gasteiger partial charge in [0.05, 0.1) is 27.1 Å². The minimum Gasteiger partial charge on any atom is -0.478 e. The molecule has 0 saturated heterocycles. The van der Waals surface area contributed by atoms with Gasteiger partial charge in [0.1, 0.15) is 11.1 Å². The number of rotatable bonds is 6. The zero-order chi connectivity index (χ0) is 21.7. The van der Waals surface area contributed by atoms with Gasteiger partial charge in [-0.25, -0.2) is 9.78 Å². The average Bonchev–Trinajstić information content (AvgIpc) is 2.97. The van der Waals surface area contributed by atoms with Crippen LogP contribution in [0.3, 0.4) is 0 Å². The fraction of sp³-hybridized carbons (Fsp3) is 0.364. The van der Waals surface area contributed by atoms with E-state index in [-0.39, 0.29) is 22.2 Å². The van der Waals surface area contributed by atoms with Crippen molar-refractivity contribution in [3.05, 3.63) is 51.7 Å². The van der Waals surface area contributed by atoms with Crippen LogP contribution in [0, 0.1) is 11.3 Å². The molecule has 0 radical (unpaired) electrons. The number of benzene rings is 1. The van der Waals surface area contributed by atoms with E-state index in [0.717, 1.165) is 43.4 Å². The van der Waals surface area contributed by atoms with Gasteiger partial charge in [0.15, 0.2) is 0 Å². The standard InChI is InChI=1S/C22H22ClN3O3S/c1-2-19(20(27)25-18-11-14(22(28)29)8-9-16(18)23)30-21-15(12-24)10-13-6-4-3-5-7-17(13)26-21/h8-11,19H,2-7H2,1H3,(H,25,27)(H,28,29). The molecule has 0 aliphatic heterocycles. The molecule has 1 heterocycles. The van der Waals surface area contributed by atoms with Crippen molar-refractivity contribution in [2.75, 3.05) is 5.32 Å². The van der Waals surface area contributed by atoms with E-state index < -0.39 is 11.2 Å². The molecular weight excluding hydrogens is 422 g/mol. The lowest BCUT2D eigenvalue weighted by molar-refractivity contribution is -0.115. The zero-order valence-corrected chi connectivity index (χ0v) is 18.1. The lowest BCUT2D eigenvalue weighted by Gasteiger charge is -2.17. The van der Waals surface area contributed by atoms with E-state index in [1.54, 1.807) is 0 Å². The van der Waals surface area contributed by atoms with E-state index in [2.05, 4.69) is 11.4 Å². The molecule has 1 atom stereocenters. The third-order valence-electron chi connectivity index (χ3n) is 5.02. The first-order chi connectivity index (χ1) is 14.4. The van der Waals surface area contributed by atoms with Gasteiger partial charge in [0.25, 0.3) is 0 Å². The third-order valence-corrected chi connectivity index (χ3v) is 6.72. The molecule has 1 aromatic heterocycles. The number of nitrogens with zero attached hydrogens (tertiary/aromatic N) is 2. The number of carbonyl (C=O) groups excluding carboxylic acids is 1. The average molecular weight is 444 g/mol. The quantitative estimate of drug-likeness (QED) is 0.476. The van der Waals surface area contributed by atoms with Crippen molar-refractivity contribution in [2.45, 2.75) is 55.7 Å². The number of halogens is 1. The molecule has 6 nitrogen and oxygen atoms in total. The maximum atomic E-state index is 12.9. The minimum absolute atomic E-state index is 0.0367. The predicted molar refractivity (Wildman–Crippen MR) is 117 cm³/mol. The van der Waals surface area contributed by atoms with E-state index in [0.29, 0.717) is 17.0 Å². The Labute approximate surface area is 184 Å². The number of hydrogen-bond donors (Lipinski definition) is 2. The summed E-state index contributed by atoms with van der Waals surface area (Å²) in [6.07, 6.45) is 5.65. The van der Waals surface area contributed by atoms with Crippen molar-refractivity contribution in [2.24, 2.45) is 0 Å². The van der Waals surface area contributed by atoms with Gasteiger partial charge in [-0.3, -0.25) is 4.79 Å². The molecule has 1 aromatic carbocycles. The highest BCUT2D eigenvalue weighted by Crippen LogP contribution is 2.32. The van der Waals surface area contributed by atoms with Crippen LogP contribution in [0.15, 0.2) is 29.3 Å². The van der Waals surface area contributed by atoms with Gasteiger partial charge in [-0.05, 0) is 61.9 Å². The third kappa shape index (κ3) is 5.13. The fourth-order valence-electron chi connectivity index (χ4n) is 3.39. The number of pyridine rings is 1. The van der Waals surface area contributed by atoms with Crippen molar-refractivity contribution in [3.8, 4) is 6.07 Å². The predicted octanol–water partition coefficient (Wildman–Crippen LogP) is 5.08. The SMILES string of the molecule is CCC(Sc1nc2c(cc1C#N)CCCCC2)C(=O)Nc1cc(C(=O)O)ccc1Cl. The molecule has 2 N–H and O–H groups in total. The van der Waals surface area contributed by atoms with E-state index in [4.69, 9.17) is 21.7 Å². The van der Waals surface area contributed by atoms with Gasteiger partial charge in [0.2, 0.25) is 5.91 Å². The number of nitrogens with one attached hydrogen (secondary N) is 1. The number of anilines is 1. The molecule has 1 amide bonds. The van der Waals surface area contributed by atoms with Crippen LogP contribution in [-0.2, 0) is 17.6 Å². The Balaban J connectivity index is 1.82. The van der Waals surface area contributed by atoms with Crippen molar-refractivity contribution < 1.29 is 14.7 Å². The number of carboxylic acid groups (broad SMARTS) is 1. The number of aryl methyl sites for hydroxylation is 2. The van der Waals surface area contributed by atoms with Crippen molar-refractivity contribution in [1.29, 1.82) is 5.26 Å².